The Kier molecular flexibility index (Phi) is 9.67. The molecule has 0 aliphatic carbocycles. The lowest BCUT2D eigenvalue weighted by molar-refractivity contribution is -0.140. The lowest BCUT2D eigenvalue weighted by Crippen LogP contribution is -2.47. The van der Waals surface area contributed by atoms with Gasteiger partial charge in [0.05, 0.1) is 11.9 Å². The number of nitrogens with zero attached hydrogens (tertiary/aromatic N) is 2. The van der Waals surface area contributed by atoms with Crippen LogP contribution in [0.1, 0.15) is 32.3 Å². The molecular formula is C23H29ClFN3O4S. The zero-order chi connectivity index (χ0) is 24.6. The van der Waals surface area contributed by atoms with E-state index in [1.807, 2.05) is 0 Å². The minimum atomic E-state index is -3.76. The monoisotopic (exact) mass is 497 g/mol. The second-order valence-corrected chi connectivity index (χ2v) is 9.96. The van der Waals surface area contributed by atoms with Crippen molar-refractivity contribution in [2.24, 2.45) is 0 Å². The number of likely N-dealkylation sites (N-methyl/N-ethyl adjacent to an activating group) is 1. The average Bonchev–Trinajstić information content (AvgIpc) is 2.74. The van der Waals surface area contributed by atoms with Gasteiger partial charge in [0.1, 0.15) is 11.9 Å². The van der Waals surface area contributed by atoms with Crippen molar-refractivity contribution in [2.75, 3.05) is 23.7 Å². The fourth-order valence-electron chi connectivity index (χ4n) is 3.37. The van der Waals surface area contributed by atoms with Crippen molar-refractivity contribution >= 4 is 39.1 Å². The van der Waals surface area contributed by atoms with Crippen LogP contribution >= 0.6 is 11.6 Å². The van der Waals surface area contributed by atoms with Gasteiger partial charge in [-0.3, -0.25) is 13.9 Å². The molecule has 0 radical (unpaired) electrons. The summed E-state index contributed by atoms with van der Waals surface area (Å²) in [5.41, 5.74) is 0.690. The largest absolute Gasteiger partial charge is 0.355 e. The second kappa shape index (κ2) is 12.0. The number of para-hydroxylation sites is 1. The molecule has 7 nitrogen and oxygen atoms in total. The summed E-state index contributed by atoms with van der Waals surface area (Å²) in [7, 11) is -3.76. The molecule has 0 unspecified atom stereocenters. The van der Waals surface area contributed by atoms with Crippen molar-refractivity contribution in [1.29, 1.82) is 0 Å². The summed E-state index contributed by atoms with van der Waals surface area (Å²) in [6, 6.07) is 11.8. The molecule has 2 rings (SSSR count). The number of hydrogen-bond donors (Lipinski definition) is 1. The molecule has 0 fully saturated rings. The van der Waals surface area contributed by atoms with Gasteiger partial charge in [0, 0.05) is 31.1 Å². The van der Waals surface area contributed by atoms with Crippen LogP contribution in [0.5, 0.6) is 0 Å². The molecule has 0 aliphatic rings. The third kappa shape index (κ3) is 7.71. The first-order valence-corrected chi connectivity index (χ1v) is 12.8. The van der Waals surface area contributed by atoms with E-state index in [4.69, 9.17) is 11.6 Å². The average molecular weight is 498 g/mol. The van der Waals surface area contributed by atoms with Gasteiger partial charge in [-0.2, -0.15) is 0 Å². The number of carbonyl (C=O) groups is 2. The molecule has 0 spiro atoms. The number of anilines is 1. The van der Waals surface area contributed by atoms with E-state index in [0.717, 1.165) is 16.1 Å². The Morgan fingerprint density at radius 1 is 1.15 bits per heavy atom. The van der Waals surface area contributed by atoms with E-state index in [9.17, 15) is 22.4 Å². The SMILES string of the molecule is CCNC(=O)[C@@H](C)N(Cc1cccc(Cl)c1)C(=O)CCCN(c1ccccc1F)S(C)(=O)=O. The number of amides is 2. The van der Waals surface area contributed by atoms with E-state index in [-0.39, 0.29) is 43.4 Å². The van der Waals surface area contributed by atoms with Gasteiger partial charge >= 0.3 is 0 Å². The van der Waals surface area contributed by atoms with Crippen LogP contribution in [-0.4, -0.2) is 50.5 Å². The van der Waals surface area contributed by atoms with E-state index >= 15 is 0 Å². The third-order valence-electron chi connectivity index (χ3n) is 5.03. The zero-order valence-corrected chi connectivity index (χ0v) is 20.5. The summed E-state index contributed by atoms with van der Waals surface area (Å²) < 4.78 is 39.6. The first-order chi connectivity index (χ1) is 15.5. The van der Waals surface area contributed by atoms with E-state index in [1.165, 1.54) is 23.1 Å². The quantitative estimate of drug-likeness (QED) is 0.514. The molecule has 0 heterocycles. The number of carbonyl (C=O) groups excluding carboxylic acids is 2. The number of nitrogens with one attached hydrogen (secondary N) is 1. The predicted octanol–water partition coefficient (Wildman–Crippen LogP) is 3.58. The summed E-state index contributed by atoms with van der Waals surface area (Å²) in [4.78, 5) is 26.9. The number of sulfonamides is 1. The van der Waals surface area contributed by atoms with Gasteiger partial charge in [0.25, 0.3) is 0 Å². The molecule has 0 bridgehead atoms. The normalized spacial score (nSPS) is 12.2. The van der Waals surface area contributed by atoms with Crippen LogP contribution in [0.2, 0.25) is 5.02 Å². The molecule has 10 heteroatoms. The molecule has 180 valence electrons. The van der Waals surface area contributed by atoms with Gasteiger partial charge in [-0.25, -0.2) is 12.8 Å². The molecule has 2 aromatic rings. The van der Waals surface area contributed by atoms with E-state index in [1.54, 1.807) is 44.2 Å². The summed E-state index contributed by atoms with van der Waals surface area (Å²) in [5.74, 6) is -1.28. The molecule has 0 aliphatic heterocycles. The van der Waals surface area contributed by atoms with Crippen LogP contribution in [0.15, 0.2) is 48.5 Å². The minimum absolute atomic E-state index is 0.0230. The van der Waals surface area contributed by atoms with Crippen molar-refractivity contribution in [2.45, 2.75) is 39.3 Å². The maximum Gasteiger partial charge on any atom is 0.242 e. The zero-order valence-electron chi connectivity index (χ0n) is 18.9. The standard InChI is InChI=1S/C23H29ClFN3O4S/c1-4-26-23(30)17(2)27(16-18-9-7-10-19(24)15-18)22(29)13-8-14-28(33(3,31)32)21-12-6-5-11-20(21)25/h5-7,9-12,15,17H,4,8,13-14,16H2,1-3H3,(H,26,30)/t17-/m1/s1. The van der Waals surface area contributed by atoms with Gasteiger partial charge in [-0.1, -0.05) is 35.9 Å². The van der Waals surface area contributed by atoms with Crippen molar-refractivity contribution in [1.82, 2.24) is 10.2 Å². The molecule has 33 heavy (non-hydrogen) atoms. The number of hydrogen-bond acceptors (Lipinski definition) is 4. The van der Waals surface area contributed by atoms with Crippen LogP contribution < -0.4 is 9.62 Å². The van der Waals surface area contributed by atoms with Crippen molar-refractivity contribution < 1.29 is 22.4 Å². The Hall–Kier alpha value is -2.65. The van der Waals surface area contributed by atoms with Gasteiger partial charge in [-0.15, -0.1) is 0 Å². The molecule has 1 atom stereocenters. The predicted molar refractivity (Wildman–Crippen MR) is 128 cm³/mol. The van der Waals surface area contributed by atoms with Gasteiger partial charge in [0.15, 0.2) is 0 Å². The van der Waals surface area contributed by atoms with Gasteiger partial charge in [0.2, 0.25) is 21.8 Å². The highest BCUT2D eigenvalue weighted by Crippen LogP contribution is 2.22. The molecule has 1 N–H and O–H groups in total. The third-order valence-corrected chi connectivity index (χ3v) is 6.45. The van der Waals surface area contributed by atoms with E-state index in [2.05, 4.69) is 5.32 Å². The molecule has 0 saturated carbocycles. The number of halogens is 2. The molecule has 0 aromatic heterocycles. The molecule has 2 amide bonds. The Labute approximate surface area is 199 Å². The number of rotatable bonds is 11. The fourth-order valence-corrected chi connectivity index (χ4v) is 4.55. The first-order valence-electron chi connectivity index (χ1n) is 10.6. The maximum atomic E-state index is 14.2. The smallest absolute Gasteiger partial charge is 0.242 e. The molecule has 0 saturated heterocycles. The lowest BCUT2D eigenvalue weighted by Gasteiger charge is -2.29. The summed E-state index contributed by atoms with van der Waals surface area (Å²) >= 11 is 6.06. The summed E-state index contributed by atoms with van der Waals surface area (Å²) in [5, 5.41) is 3.22. The minimum Gasteiger partial charge on any atom is -0.355 e. The van der Waals surface area contributed by atoms with Crippen LogP contribution in [0.25, 0.3) is 0 Å². The van der Waals surface area contributed by atoms with Crippen LogP contribution in [0.4, 0.5) is 10.1 Å². The first kappa shape index (κ1) is 26.6. The summed E-state index contributed by atoms with van der Waals surface area (Å²) in [6.45, 7) is 3.94. The van der Waals surface area contributed by atoms with Crippen LogP contribution in [0.3, 0.4) is 0 Å². The topological polar surface area (TPSA) is 86.8 Å². The Morgan fingerprint density at radius 2 is 1.85 bits per heavy atom. The molecular weight excluding hydrogens is 469 g/mol. The molecule has 2 aromatic carbocycles. The lowest BCUT2D eigenvalue weighted by atomic mass is 10.1. The summed E-state index contributed by atoms with van der Waals surface area (Å²) in [6.07, 6.45) is 1.11. The van der Waals surface area contributed by atoms with Gasteiger partial charge < -0.3 is 10.2 Å². The van der Waals surface area contributed by atoms with Crippen LogP contribution in [0, 0.1) is 5.82 Å². The number of benzene rings is 2. The van der Waals surface area contributed by atoms with Crippen LogP contribution in [-0.2, 0) is 26.2 Å². The Morgan fingerprint density at radius 3 is 2.45 bits per heavy atom. The second-order valence-electron chi connectivity index (χ2n) is 7.61. The highest BCUT2D eigenvalue weighted by molar-refractivity contribution is 7.92. The van der Waals surface area contributed by atoms with Crippen molar-refractivity contribution in [3.8, 4) is 0 Å². The highest BCUT2D eigenvalue weighted by Gasteiger charge is 2.26. The highest BCUT2D eigenvalue weighted by atomic mass is 35.5. The van der Waals surface area contributed by atoms with Gasteiger partial charge in [-0.05, 0) is 50.1 Å². The van der Waals surface area contributed by atoms with Crippen molar-refractivity contribution in [3.05, 3.63) is 64.9 Å². The fraction of sp³-hybridized carbons (Fsp3) is 0.391. The maximum absolute atomic E-state index is 14.2. The Balaban J connectivity index is 2.16. The van der Waals surface area contributed by atoms with E-state index in [0.29, 0.717) is 11.6 Å². The van der Waals surface area contributed by atoms with Crippen molar-refractivity contribution in [3.63, 3.8) is 0 Å². The van der Waals surface area contributed by atoms with E-state index < -0.39 is 21.9 Å². The Bertz CT molecular complexity index is 1080.